The van der Waals surface area contributed by atoms with Gasteiger partial charge in [0.15, 0.2) is 0 Å². The average Bonchev–Trinajstić information content (AvgIpc) is 2.50. The monoisotopic (exact) mass is 349 g/mol. The number of rotatable bonds is 5. The highest BCUT2D eigenvalue weighted by Gasteiger charge is 2.02. The van der Waals surface area contributed by atoms with E-state index in [0.717, 1.165) is 22.2 Å². The molecular formula is C15H16BrN3O2. The van der Waals surface area contributed by atoms with E-state index in [1.54, 1.807) is 19.4 Å². The predicted octanol–water partition coefficient (Wildman–Crippen LogP) is 3.22. The van der Waals surface area contributed by atoms with Gasteiger partial charge in [-0.15, -0.1) is 0 Å². The summed E-state index contributed by atoms with van der Waals surface area (Å²) in [6, 6.07) is 11.1. The van der Waals surface area contributed by atoms with Gasteiger partial charge in [0.2, 0.25) is 0 Å². The van der Waals surface area contributed by atoms with Crippen LogP contribution in [0.3, 0.4) is 0 Å². The van der Waals surface area contributed by atoms with E-state index in [1.807, 2.05) is 30.3 Å². The lowest BCUT2D eigenvalue weighted by Gasteiger charge is -2.08. The zero-order valence-electron chi connectivity index (χ0n) is 11.6. The number of pyridine rings is 1. The van der Waals surface area contributed by atoms with Crippen LogP contribution in [-0.2, 0) is 6.42 Å². The Morgan fingerprint density at radius 1 is 1.33 bits per heavy atom. The second kappa shape index (κ2) is 7.64. The molecule has 21 heavy (non-hydrogen) atoms. The van der Waals surface area contributed by atoms with E-state index in [1.165, 1.54) is 0 Å². The fourth-order valence-electron chi connectivity index (χ4n) is 1.76. The van der Waals surface area contributed by atoms with Crippen molar-refractivity contribution in [1.82, 2.24) is 10.3 Å². The molecule has 0 unspecified atom stereocenters. The van der Waals surface area contributed by atoms with E-state index < -0.39 is 0 Å². The van der Waals surface area contributed by atoms with E-state index in [4.69, 9.17) is 4.74 Å². The summed E-state index contributed by atoms with van der Waals surface area (Å²) in [4.78, 5) is 15.8. The van der Waals surface area contributed by atoms with Crippen LogP contribution in [0.1, 0.15) is 5.56 Å². The number of urea groups is 1. The van der Waals surface area contributed by atoms with Crippen molar-refractivity contribution in [3.05, 3.63) is 52.6 Å². The Labute approximate surface area is 131 Å². The van der Waals surface area contributed by atoms with E-state index in [9.17, 15) is 4.79 Å². The van der Waals surface area contributed by atoms with E-state index in [0.29, 0.717) is 12.4 Å². The van der Waals surface area contributed by atoms with Crippen LogP contribution in [0.5, 0.6) is 5.75 Å². The summed E-state index contributed by atoms with van der Waals surface area (Å²) < 4.78 is 6.03. The Morgan fingerprint density at radius 2 is 2.19 bits per heavy atom. The smallest absolute Gasteiger partial charge is 0.320 e. The number of nitrogens with one attached hydrogen (secondary N) is 2. The van der Waals surface area contributed by atoms with Gasteiger partial charge >= 0.3 is 6.03 Å². The van der Waals surface area contributed by atoms with Crippen molar-refractivity contribution in [2.24, 2.45) is 0 Å². The Morgan fingerprint density at radius 3 is 2.90 bits per heavy atom. The molecule has 2 rings (SSSR count). The lowest BCUT2D eigenvalue weighted by Crippen LogP contribution is -2.30. The molecule has 0 bridgehead atoms. The van der Waals surface area contributed by atoms with E-state index in [-0.39, 0.29) is 6.03 Å². The topological polar surface area (TPSA) is 63.2 Å². The fraction of sp³-hybridized carbons (Fsp3) is 0.200. The molecule has 0 spiro atoms. The summed E-state index contributed by atoms with van der Waals surface area (Å²) in [6.45, 7) is 0.537. The minimum absolute atomic E-state index is 0.271. The summed E-state index contributed by atoms with van der Waals surface area (Å²) >= 11 is 3.29. The number of anilines is 1. The molecule has 0 aliphatic carbocycles. The largest absolute Gasteiger partial charge is 0.497 e. The quantitative estimate of drug-likeness (QED) is 0.870. The summed E-state index contributed by atoms with van der Waals surface area (Å²) in [5.41, 5.74) is 1.11. The summed E-state index contributed by atoms with van der Waals surface area (Å²) in [7, 11) is 1.63. The van der Waals surface area contributed by atoms with Crippen molar-refractivity contribution in [3.63, 3.8) is 0 Å². The van der Waals surface area contributed by atoms with Gasteiger partial charge < -0.3 is 10.1 Å². The van der Waals surface area contributed by atoms with Crippen LogP contribution >= 0.6 is 15.9 Å². The SMILES string of the molecule is COc1cccc(CCNC(=O)Nc2ccc(Br)cn2)c1. The molecule has 0 aliphatic heterocycles. The Kier molecular flexibility index (Phi) is 5.57. The summed E-state index contributed by atoms with van der Waals surface area (Å²) in [5, 5.41) is 5.46. The molecule has 2 amide bonds. The zero-order valence-corrected chi connectivity index (χ0v) is 13.2. The lowest BCUT2D eigenvalue weighted by molar-refractivity contribution is 0.252. The Bertz CT molecular complexity index is 602. The number of carbonyl (C=O) groups excluding carboxylic acids is 1. The van der Waals surface area contributed by atoms with Gasteiger partial charge in [-0.25, -0.2) is 9.78 Å². The Balaban J connectivity index is 1.77. The van der Waals surface area contributed by atoms with Crippen molar-refractivity contribution in [3.8, 4) is 5.75 Å². The first-order valence-electron chi connectivity index (χ1n) is 6.47. The molecule has 0 saturated heterocycles. The van der Waals surface area contributed by atoms with Gasteiger partial charge in [-0.3, -0.25) is 5.32 Å². The highest BCUT2D eigenvalue weighted by Crippen LogP contribution is 2.12. The third kappa shape index (κ3) is 5.07. The van der Waals surface area contributed by atoms with Gasteiger partial charge in [0.1, 0.15) is 11.6 Å². The molecule has 0 radical (unpaired) electrons. The van der Waals surface area contributed by atoms with Gasteiger partial charge in [0.25, 0.3) is 0 Å². The van der Waals surface area contributed by atoms with Crippen LogP contribution in [0.2, 0.25) is 0 Å². The highest BCUT2D eigenvalue weighted by atomic mass is 79.9. The lowest BCUT2D eigenvalue weighted by atomic mass is 10.1. The number of aromatic nitrogens is 1. The molecule has 2 aromatic rings. The first-order valence-corrected chi connectivity index (χ1v) is 7.26. The number of nitrogens with zero attached hydrogens (tertiary/aromatic N) is 1. The number of carbonyl (C=O) groups is 1. The number of benzene rings is 1. The van der Waals surface area contributed by atoms with Gasteiger partial charge in [-0.2, -0.15) is 0 Å². The van der Waals surface area contributed by atoms with Crippen LogP contribution in [0.15, 0.2) is 47.1 Å². The number of amides is 2. The third-order valence-electron chi connectivity index (χ3n) is 2.80. The van der Waals surface area contributed by atoms with Crippen molar-refractivity contribution in [1.29, 1.82) is 0 Å². The third-order valence-corrected chi connectivity index (χ3v) is 3.27. The number of hydrogen-bond acceptors (Lipinski definition) is 3. The maximum absolute atomic E-state index is 11.7. The van der Waals surface area contributed by atoms with Crippen LogP contribution < -0.4 is 15.4 Å². The average molecular weight is 350 g/mol. The zero-order chi connectivity index (χ0) is 15.1. The normalized spacial score (nSPS) is 10.0. The summed E-state index contributed by atoms with van der Waals surface area (Å²) in [5.74, 6) is 1.33. The number of hydrogen-bond donors (Lipinski definition) is 2. The fourth-order valence-corrected chi connectivity index (χ4v) is 1.99. The number of halogens is 1. The molecular weight excluding hydrogens is 334 g/mol. The minimum Gasteiger partial charge on any atom is -0.497 e. The van der Waals surface area contributed by atoms with Gasteiger partial charge in [-0.1, -0.05) is 12.1 Å². The second-order valence-corrected chi connectivity index (χ2v) is 5.26. The molecule has 1 aromatic carbocycles. The van der Waals surface area contributed by atoms with Crippen LogP contribution in [-0.4, -0.2) is 24.7 Å². The first kappa shape index (κ1) is 15.3. The highest BCUT2D eigenvalue weighted by molar-refractivity contribution is 9.10. The molecule has 0 aliphatic rings. The number of methoxy groups -OCH3 is 1. The van der Waals surface area contributed by atoms with Crippen molar-refractivity contribution in [2.45, 2.75) is 6.42 Å². The first-order chi connectivity index (χ1) is 10.2. The predicted molar refractivity (Wildman–Crippen MR) is 85.7 cm³/mol. The van der Waals surface area contributed by atoms with Gasteiger partial charge in [0, 0.05) is 17.2 Å². The minimum atomic E-state index is -0.271. The molecule has 6 heteroatoms. The molecule has 5 nitrogen and oxygen atoms in total. The molecule has 2 N–H and O–H groups in total. The second-order valence-electron chi connectivity index (χ2n) is 4.34. The molecule has 1 aromatic heterocycles. The van der Waals surface area contributed by atoms with E-state index in [2.05, 4.69) is 31.5 Å². The van der Waals surface area contributed by atoms with Crippen LogP contribution in [0, 0.1) is 0 Å². The molecule has 0 atom stereocenters. The molecule has 1 heterocycles. The maximum atomic E-state index is 11.7. The standard InChI is InChI=1S/C15H16BrN3O2/c1-21-13-4-2-3-11(9-13)7-8-17-15(20)19-14-6-5-12(16)10-18-14/h2-6,9-10H,7-8H2,1H3,(H2,17,18,19,20). The van der Waals surface area contributed by atoms with Crippen molar-refractivity contribution >= 4 is 27.8 Å². The van der Waals surface area contributed by atoms with E-state index >= 15 is 0 Å². The number of ether oxygens (including phenoxy) is 1. The van der Waals surface area contributed by atoms with Crippen LogP contribution in [0.4, 0.5) is 10.6 Å². The van der Waals surface area contributed by atoms with Crippen molar-refractivity contribution < 1.29 is 9.53 Å². The summed E-state index contributed by atoms with van der Waals surface area (Å²) in [6.07, 6.45) is 2.37. The molecule has 110 valence electrons. The van der Waals surface area contributed by atoms with Crippen molar-refractivity contribution in [2.75, 3.05) is 19.0 Å². The van der Waals surface area contributed by atoms with Gasteiger partial charge in [0.05, 0.1) is 7.11 Å². The van der Waals surface area contributed by atoms with Gasteiger partial charge in [-0.05, 0) is 52.2 Å². The Hall–Kier alpha value is -2.08. The molecule has 0 fully saturated rings. The van der Waals surface area contributed by atoms with Crippen LogP contribution in [0.25, 0.3) is 0 Å². The molecule has 0 saturated carbocycles. The maximum Gasteiger partial charge on any atom is 0.320 e.